The van der Waals surface area contributed by atoms with Gasteiger partial charge in [0.05, 0.1) is 0 Å². The standard InChI is InChI=1S/C13H17NO2/c14-12(13(15)16)8-3-9-1-4-10(5-2-9)11-6-7-11/h1-2,4-5,11-12H,3,6-8,14H2,(H,15,16). The maximum atomic E-state index is 10.5. The number of hydrogen-bond donors (Lipinski definition) is 2. The quantitative estimate of drug-likeness (QED) is 0.795. The molecule has 0 saturated heterocycles. The minimum Gasteiger partial charge on any atom is -0.480 e. The second kappa shape index (κ2) is 4.66. The zero-order valence-corrected chi connectivity index (χ0v) is 9.23. The van der Waals surface area contributed by atoms with Gasteiger partial charge in [-0.25, -0.2) is 0 Å². The molecule has 0 radical (unpaired) electrons. The molecule has 0 spiro atoms. The number of aryl methyl sites for hydroxylation is 1. The van der Waals surface area contributed by atoms with Crippen molar-refractivity contribution in [3.8, 4) is 0 Å². The van der Waals surface area contributed by atoms with E-state index in [-0.39, 0.29) is 0 Å². The largest absolute Gasteiger partial charge is 0.480 e. The van der Waals surface area contributed by atoms with Crippen LogP contribution in [0.25, 0.3) is 0 Å². The van der Waals surface area contributed by atoms with Gasteiger partial charge in [-0.05, 0) is 42.7 Å². The Morgan fingerprint density at radius 3 is 2.50 bits per heavy atom. The minimum absolute atomic E-state index is 0.498. The van der Waals surface area contributed by atoms with Crippen molar-refractivity contribution in [2.75, 3.05) is 0 Å². The number of rotatable bonds is 5. The summed E-state index contributed by atoms with van der Waals surface area (Å²) in [6, 6.07) is 7.73. The van der Waals surface area contributed by atoms with E-state index in [0.717, 1.165) is 12.3 Å². The van der Waals surface area contributed by atoms with E-state index >= 15 is 0 Å². The van der Waals surface area contributed by atoms with Crippen LogP contribution >= 0.6 is 0 Å². The predicted octanol–water partition coefficient (Wildman–Crippen LogP) is 1.91. The number of carbonyl (C=O) groups is 1. The Labute approximate surface area is 95.3 Å². The Kier molecular flexibility index (Phi) is 3.25. The van der Waals surface area contributed by atoms with Gasteiger partial charge in [0, 0.05) is 0 Å². The number of hydrogen-bond acceptors (Lipinski definition) is 2. The van der Waals surface area contributed by atoms with Crippen molar-refractivity contribution in [3.63, 3.8) is 0 Å². The normalized spacial score (nSPS) is 17.1. The van der Waals surface area contributed by atoms with E-state index in [9.17, 15) is 4.79 Å². The van der Waals surface area contributed by atoms with E-state index in [1.54, 1.807) is 0 Å². The summed E-state index contributed by atoms with van der Waals surface area (Å²) in [6.07, 6.45) is 3.85. The topological polar surface area (TPSA) is 63.3 Å². The first-order valence-corrected chi connectivity index (χ1v) is 5.74. The molecule has 1 saturated carbocycles. The first-order chi connectivity index (χ1) is 7.66. The first kappa shape index (κ1) is 11.1. The van der Waals surface area contributed by atoms with Crippen LogP contribution in [0.3, 0.4) is 0 Å². The molecule has 0 amide bonds. The molecule has 0 aliphatic heterocycles. The fourth-order valence-corrected chi connectivity index (χ4v) is 1.82. The molecule has 1 unspecified atom stereocenters. The van der Waals surface area contributed by atoms with E-state index in [1.807, 2.05) is 0 Å². The maximum Gasteiger partial charge on any atom is 0.320 e. The molecule has 0 bridgehead atoms. The molecule has 1 atom stereocenters. The molecule has 1 fully saturated rings. The smallest absolute Gasteiger partial charge is 0.320 e. The second-order valence-corrected chi connectivity index (χ2v) is 4.50. The summed E-state index contributed by atoms with van der Waals surface area (Å²) < 4.78 is 0. The van der Waals surface area contributed by atoms with Gasteiger partial charge in [-0.2, -0.15) is 0 Å². The molecule has 86 valence electrons. The van der Waals surface area contributed by atoms with Gasteiger partial charge in [0.2, 0.25) is 0 Å². The van der Waals surface area contributed by atoms with Crippen molar-refractivity contribution < 1.29 is 9.90 Å². The van der Waals surface area contributed by atoms with Crippen molar-refractivity contribution >= 4 is 5.97 Å². The van der Waals surface area contributed by atoms with Crippen LogP contribution in [-0.2, 0) is 11.2 Å². The predicted molar refractivity (Wildman–Crippen MR) is 62.3 cm³/mol. The van der Waals surface area contributed by atoms with Gasteiger partial charge in [-0.3, -0.25) is 4.79 Å². The Morgan fingerprint density at radius 2 is 2.00 bits per heavy atom. The fraction of sp³-hybridized carbons (Fsp3) is 0.462. The zero-order chi connectivity index (χ0) is 11.5. The Morgan fingerprint density at radius 1 is 1.38 bits per heavy atom. The third-order valence-electron chi connectivity index (χ3n) is 3.09. The molecule has 1 aliphatic rings. The van der Waals surface area contributed by atoms with Gasteiger partial charge in [-0.15, -0.1) is 0 Å². The summed E-state index contributed by atoms with van der Waals surface area (Å²) in [5.74, 6) is -0.148. The Bertz CT molecular complexity index is 368. The molecule has 3 nitrogen and oxygen atoms in total. The summed E-state index contributed by atoms with van der Waals surface area (Å²) in [5, 5.41) is 8.66. The van der Waals surface area contributed by atoms with Crippen LogP contribution in [-0.4, -0.2) is 17.1 Å². The maximum absolute atomic E-state index is 10.5. The van der Waals surface area contributed by atoms with Gasteiger partial charge in [-0.1, -0.05) is 24.3 Å². The first-order valence-electron chi connectivity index (χ1n) is 5.74. The van der Waals surface area contributed by atoms with Crippen molar-refractivity contribution in [3.05, 3.63) is 35.4 Å². The Balaban J connectivity index is 1.87. The molecular formula is C13H17NO2. The SMILES string of the molecule is NC(CCc1ccc(C2CC2)cc1)C(=O)O. The number of benzene rings is 1. The molecule has 1 aromatic carbocycles. The van der Waals surface area contributed by atoms with Gasteiger partial charge >= 0.3 is 5.97 Å². The highest BCUT2D eigenvalue weighted by atomic mass is 16.4. The van der Waals surface area contributed by atoms with E-state index in [1.165, 1.54) is 24.0 Å². The third-order valence-corrected chi connectivity index (χ3v) is 3.09. The van der Waals surface area contributed by atoms with E-state index in [4.69, 9.17) is 10.8 Å². The van der Waals surface area contributed by atoms with Crippen molar-refractivity contribution in [1.29, 1.82) is 0 Å². The van der Waals surface area contributed by atoms with Crippen molar-refractivity contribution in [1.82, 2.24) is 0 Å². The number of carboxylic acids is 1. The average molecular weight is 219 g/mol. The molecule has 1 aromatic rings. The summed E-state index contributed by atoms with van der Waals surface area (Å²) in [7, 11) is 0. The lowest BCUT2D eigenvalue weighted by Crippen LogP contribution is -2.30. The molecule has 3 N–H and O–H groups in total. The van der Waals surface area contributed by atoms with Gasteiger partial charge < -0.3 is 10.8 Å². The lowest BCUT2D eigenvalue weighted by molar-refractivity contribution is -0.138. The van der Waals surface area contributed by atoms with Crippen LogP contribution in [0.1, 0.15) is 36.3 Å². The van der Waals surface area contributed by atoms with Gasteiger partial charge in [0.1, 0.15) is 6.04 Å². The zero-order valence-electron chi connectivity index (χ0n) is 9.23. The molecule has 0 aromatic heterocycles. The van der Waals surface area contributed by atoms with Crippen LogP contribution in [0.15, 0.2) is 24.3 Å². The summed E-state index contributed by atoms with van der Waals surface area (Å²) >= 11 is 0. The minimum atomic E-state index is -0.922. The average Bonchev–Trinajstić information content (AvgIpc) is 3.10. The van der Waals surface area contributed by atoms with Crippen LogP contribution in [0.2, 0.25) is 0 Å². The van der Waals surface area contributed by atoms with Crippen molar-refractivity contribution in [2.24, 2.45) is 5.73 Å². The molecule has 1 aliphatic carbocycles. The number of carboxylic acid groups (broad SMARTS) is 1. The highest BCUT2D eigenvalue weighted by Crippen LogP contribution is 2.39. The van der Waals surface area contributed by atoms with E-state index in [2.05, 4.69) is 24.3 Å². The second-order valence-electron chi connectivity index (χ2n) is 4.50. The summed E-state index contributed by atoms with van der Waals surface area (Å²) in [6.45, 7) is 0. The molecular weight excluding hydrogens is 202 g/mol. The van der Waals surface area contributed by atoms with E-state index in [0.29, 0.717) is 6.42 Å². The molecule has 2 rings (SSSR count). The lowest BCUT2D eigenvalue weighted by Gasteiger charge is -2.06. The highest BCUT2D eigenvalue weighted by molar-refractivity contribution is 5.73. The van der Waals surface area contributed by atoms with Gasteiger partial charge in [0.15, 0.2) is 0 Å². The Hall–Kier alpha value is -1.35. The number of aliphatic carboxylic acids is 1. The van der Waals surface area contributed by atoms with Crippen molar-refractivity contribution in [2.45, 2.75) is 37.6 Å². The number of nitrogens with two attached hydrogens (primary N) is 1. The summed E-state index contributed by atoms with van der Waals surface area (Å²) in [4.78, 5) is 10.5. The molecule has 16 heavy (non-hydrogen) atoms. The third kappa shape index (κ3) is 2.83. The van der Waals surface area contributed by atoms with Crippen LogP contribution in [0, 0.1) is 0 Å². The van der Waals surface area contributed by atoms with E-state index < -0.39 is 12.0 Å². The monoisotopic (exact) mass is 219 g/mol. The molecule has 0 heterocycles. The van der Waals surface area contributed by atoms with Crippen LogP contribution < -0.4 is 5.73 Å². The van der Waals surface area contributed by atoms with Crippen LogP contribution in [0.4, 0.5) is 0 Å². The molecule has 3 heteroatoms. The fourth-order valence-electron chi connectivity index (χ4n) is 1.82. The summed E-state index contributed by atoms with van der Waals surface area (Å²) in [5.41, 5.74) is 8.03. The highest BCUT2D eigenvalue weighted by Gasteiger charge is 2.22. The van der Waals surface area contributed by atoms with Gasteiger partial charge in [0.25, 0.3) is 0 Å². The van der Waals surface area contributed by atoms with Crippen LogP contribution in [0.5, 0.6) is 0 Å². The lowest BCUT2D eigenvalue weighted by atomic mass is 10.0.